The van der Waals surface area contributed by atoms with Crippen LogP contribution in [-0.2, 0) is 0 Å². The van der Waals surface area contributed by atoms with Gasteiger partial charge in [0.05, 0.1) is 17.6 Å². The number of hydrogen-bond acceptors (Lipinski definition) is 2. The largest absolute Gasteiger partial charge is 0.496 e. The van der Waals surface area contributed by atoms with Crippen LogP contribution >= 0.6 is 15.9 Å². The second-order valence-corrected chi connectivity index (χ2v) is 4.02. The number of halogens is 1. The lowest BCUT2D eigenvalue weighted by Crippen LogP contribution is -2.18. The fourth-order valence-corrected chi connectivity index (χ4v) is 1.99. The fraction of sp³-hybridized carbons (Fsp3) is 0.333. The van der Waals surface area contributed by atoms with E-state index in [1.807, 2.05) is 24.3 Å². The molecule has 2 nitrogen and oxygen atoms in total. The van der Waals surface area contributed by atoms with Crippen LogP contribution in [-0.4, -0.2) is 13.7 Å². The van der Waals surface area contributed by atoms with E-state index in [1.165, 1.54) is 5.56 Å². The van der Waals surface area contributed by atoms with Gasteiger partial charge in [-0.1, -0.05) is 19.1 Å². The Morgan fingerprint density at radius 1 is 1.60 bits per heavy atom. The van der Waals surface area contributed by atoms with Crippen molar-refractivity contribution >= 4 is 15.9 Å². The maximum absolute atomic E-state index is 5.18. The first-order chi connectivity index (χ1) is 7.22. The molecule has 0 aliphatic heterocycles. The Hall–Kier alpha value is -0.800. The Labute approximate surface area is 99.5 Å². The third kappa shape index (κ3) is 3.08. The summed E-state index contributed by atoms with van der Waals surface area (Å²) in [5.41, 5.74) is 1.18. The van der Waals surface area contributed by atoms with Crippen molar-refractivity contribution in [2.75, 3.05) is 13.7 Å². The summed E-state index contributed by atoms with van der Waals surface area (Å²) >= 11 is 3.47. The first kappa shape index (κ1) is 12.3. The summed E-state index contributed by atoms with van der Waals surface area (Å²) < 4.78 is 6.15. The number of benzene rings is 1. The van der Waals surface area contributed by atoms with Crippen molar-refractivity contribution in [3.8, 4) is 5.75 Å². The van der Waals surface area contributed by atoms with Crippen LogP contribution in [0.2, 0.25) is 0 Å². The quantitative estimate of drug-likeness (QED) is 0.829. The van der Waals surface area contributed by atoms with Crippen LogP contribution in [0.4, 0.5) is 0 Å². The summed E-state index contributed by atoms with van der Waals surface area (Å²) in [6.07, 6.45) is 1.90. The monoisotopic (exact) mass is 269 g/mol. The number of likely N-dealkylation sites (N-methyl/N-ethyl adjacent to an activating group) is 1. The zero-order chi connectivity index (χ0) is 11.3. The van der Waals surface area contributed by atoms with Crippen LogP contribution < -0.4 is 10.1 Å². The van der Waals surface area contributed by atoms with Crippen LogP contribution in [0, 0.1) is 0 Å². The topological polar surface area (TPSA) is 21.3 Å². The molecule has 0 bridgehead atoms. The number of rotatable bonds is 5. The molecular weight excluding hydrogens is 254 g/mol. The van der Waals surface area contributed by atoms with Crippen molar-refractivity contribution in [1.82, 2.24) is 5.32 Å². The van der Waals surface area contributed by atoms with Gasteiger partial charge in [-0.25, -0.2) is 0 Å². The standard InChI is InChI=1S/C12H16BrNO/c1-4-11(14-5-2)9-6-7-12(15-3)10(13)8-9/h4,6-8,11,14H,1,5H2,2-3H3. The molecule has 1 aromatic rings. The molecule has 1 atom stereocenters. The van der Waals surface area contributed by atoms with Crippen LogP contribution in [0.5, 0.6) is 5.75 Å². The lowest BCUT2D eigenvalue weighted by molar-refractivity contribution is 0.412. The molecule has 0 saturated carbocycles. The summed E-state index contributed by atoms with van der Waals surface area (Å²) in [6.45, 7) is 6.81. The molecule has 0 aromatic heterocycles. The lowest BCUT2D eigenvalue weighted by atomic mass is 10.1. The van der Waals surface area contributed by atoms with E-state index in [0.717, 1.165) is 16.8 Å². The molecule has 0 heterocycles. The Kier molecular flexibility index (Phi) is 4.85. The average Bonchev–Trinajstić information content (AvgIpc) is 2.25. The minimum Gasteiger partial charge on any atom is -0.496 e. The molecule has 3 heteroatoms. The Balaban J connectivity index is 2.94. The molecular formula is C12H16BrNO. The van der Waals surface area contributed by atoms with Crippen molar-refractivity contribution in [1.29, 1.82) is 0 Å². The van der Waals surface area contributed by atoms with Crippen LogP contribution in [0.25, 0.3) is 0 Å². The molecule has 82 valence electrons. The third-order valence-corrected chi connectivity index (χ3v) is 2.81. The lowest BCUT2D eigenvalue weighted by Gasteiger charge is -2.15. The zero-order valence-electron chi connectivity index (χ0n) is 9.09. The highest BCUT2D eigenvalue weighted by Gasteiger charge is 2.08. The van der Waals surface area contributed by atoms with Gasteiger partial charge in [-0.15, -0.1) is 6.58 Å². The Morgan fingerprint density at radius 3 is 2.80 bits per heavy atom. The van der Waals surface area contributed by atoms with E-state index < -0.39 is 0 Å². The minimum absolute atomic E-state index is 0.192. The van der Waals surface area contributed by atoms with E-state index in [9.17, 15) is 0 Å². The first-order valence-electron chi connectivity index (χ1n) is 4.92. The highest BCUT2D eigenvalue weighted by atomic mass is 79.9. The Morgan fingerprint density at radius 2 is 2.33 bits per heavy atom. The molecule has 15 heavy (non-hydrogen) atoms. The van der Waals surface area contributed by atoms with Gasteiger partial charge in [-0.2, -0.15) is 0 Å². The fourth-order valence-electron chi connectivity index (χ4n) is 1.43. The number of hydrogen-bond donors (Lipinski definition) is 1. The van der Waals surface area contributed by atoms with Gasteiger partial charge in [0.1, 0.15) is 5.75 Å². The molecule has 0 radical (unpaired) electrons. The van der Waals surface area contributed by atoms with Gasteiger partial charge in [0, 0.05) is 0 Å². The van der Waals surface area contributed by atoms with Gasteiger partial charge in [-0.05, 0) is 40.2 Å². The van der Waals surface area contributed by atoms with Crippen molar-refractivity contribution in [2.24, 2.45) is 0 Å². The summed E-state index contributed by atoms with van der Waals surface area (Å²) in [4.78, 5) is 0. The van der Waals surface area contributed by atoms with Gasteiger partial charge >= 0.3 is 0 Å². The van der Waals surface area contributed by atoms with Gasteiger partial charge < -0.3 is 10.1 Å². The predicted molar refractivity (Wildman–Crippen MR) is 67.3 cm³/mol. The molecule has 1 rings (SSSR count). The molecule has 0 fully saturated rings. The number of nitrogens with one attached hydrogen (secondary N) is 1. The van der Waals surface area contributed by atoms with Crippen molar-refractivity contribution in [3.05, 3.63) is 40.9 Å². The second kappa shape index (κ2) is 5.93. The van der Waals surface area contributed by atoms with Crippen molar-refractivity contribution in [2.45, 2.75) is 13.0 Å². The van der Waals surface area contributed by atoms with Crippen LogP contribution in [0.3, 0.4) is 0 Å². The molecule has 1 unspecified atom stereocenters. The maximum atomic E-state index is 5.18. The molecule has 0 spiro atoms. The molecule has 1 aromatic carbocycles. The summed E-state index contributed by atoms with van der Waals surface area (Å²) in [6, 6.07) is 6.23. The van der Waals surface area contributed by atoms with Crippen molar-refractivity contribution in [3.63, 3.8) is 0 Å². The predicted octanol–water partition coefficient (Wildman–Crippen LogP) is 3.29. The summed E-state index contributed by atoms with van der Waals surface area (Å²) in [7, 11) is 1.66. The second-order valence-electron chi connectivity index (χ2n) is 3.17. The van der Waals surface area contributed by atoms with E-state index in [0.29, 0.717) is 0 Å². The minimum atomic E-state index is 0.192. The Bertz CT molecular complexity index is 338. The highest BCUT2D eigenvalue weighted by molar-refractivity contribution is 9.10. The van der Waals surface area contributed by atoms with Gasteiger partial charge in [0.2, 0.25) is 0 Å². The molecule has 0 saturated heterocycles. The van der Waals surface area contributed by atoms with Gasteiger partial charge in [-0.3, -0.25) is 0 Å². The molecule has 0 aliphatic carbocycles. The highest BCUT2D eigenvalue weighted by Crippen LogP contribution is 2.28. The first-order valence-corrected chi connectivity index (χ1v) is 5.71. The van der Waals surface area contributed by atoms with Gasteiger partial charge in [0.25, 0.3) is 0 Å². The van der Waals surface area contributed by atoms with Crippen LogP contribution in [0.1, 0.15) is 18.5 Å². The van der Waals surface area contributed by atoms with E-state index >= 15 is 0 Å². The smallest absolute Gasteiger partial charge is 0.133 e. The summed E-state index contributed by atoms with van der Waals surface area (Å²) in [5.74, 6) is 0.845. The number of methoxy groups -OCH3 is 1. The molecule has 0 amide bonds. The molecule has 0 aliphatic rings. The van der Waals surface area contributed by atoms with Gasteiger partial charge in [0.15, 0.2) is 0 Å². The van der Waals surface area contributed by atoms with E-state index in [-0.39, 0.29) is 6.04 Å². The SMILES string of the molecule is C=CC(NCC)c1ccc(OC)c(Br)c1. The normalized spacial score (nSPS) is 12.2. The average molecular weight is 270 g/mol. The summed E-state index contributed by atoms with van der Waals surface area (Å²) in [5, 5.41) is 3.33. The third-order valence-electron chi connectivity index (χ3n) is 2.19. The van der Waals surface area contributed by atoms with E-state index in [4.69, 9.17) is 4.74 Å². The zero-order valence-corrected chi connectivity index (χ0v) is 10.7. The van der Waals surface area contributed by atoms with E-state index in [1.54, 1.807) is 7.11 Å². The number of ether oxygens (including phenoxy) is 1. The molecule has 1 N–H and O–H groups in total. The van der Waals surface area contributed by atoms with Crippen molar-refractivity contribution < 1.29 is 4.74 Å². The van der Waals surface area contributed by atoms with Crippen LogP contribution in [0.15, 0.2) is 35.3 Å². The van der Waals surface area contributed by atoms with E-state index in [2.05, 4.69) is 34.7 Å². The maximum Gasteiger partial charge on any atom is 0.133 e.